The maximum Gasteiger partial charge on any atom is 0.128 e. The Morgan fingerprint density at radius 2 is 2.17 bits per heavy atom. The van der Waals surface area contributed by atoms with Crippen LogP contribution in [0.3, 0.4) is 0 Å². The van der Waals surface area contributed by atoms with Crippen LogP contribution in [-0.4, -0.2) is 48.4 Å². The maximum absolute atomic E-state index is 9.69. The molecular formula is C13H22N4O. The Labute approximate surface area is 108 Å². The number of nitrogens with one attached hydrogen (secondary N) is 2. The van der Waals surface area contributed by atoms with Gasteiger partial charge in [0.15, 0.2) is 0 Å². The second-order valence-corrected chi connectivity index (χ2v) is 5.30. The first-order valence-electron chi connectivity index (χ1n) is 6.43. The van der Waals surface area contributed by atoms with Gasteiger partial charge in [0, 0.05) is 50.7 Å². The fourth-order valence-corrected chi connectivity index (χ4v) is 1.94. The van der Waals surface area contributed by atoms with E-state index < -0.39 is 5.60 Å². The summed E-state index contributed by atoms with van der Waals surface area (Å²) < 4.78 is 0. The summed E-state index contributed by atoms with van der Waals surface area (Å²) in [6, 6.07) is 4.07. The van der Waals surface area contributed by atoms with Crippen molar-refractivity contribution in [3.8, 4) is 0 Å². The van der Waals surface area contributed by atoms with Crippen molar-refractivity contribution in [2.45, 2.75) is 19.4 Å². The van der Waals surface area contributed by atoms with Crippen LogP contribution in [0.25, 0.3) is 0 Å². The van der Waals surface area contributed by atoms with Gasteiger partial charge in [-0.05, 0) is 19.9 Å². The Bertz CT molecular complexity index is 383. The van der Waals surface area contributed by atoms with Crippen molar-refractivity contribution < 1.29 is 5.11 Å². The quantitative estimate of drug-likeness (QED) is 0.733. The molecule has 0 bridgehead atoms. The molecule has 3 N–H and O–H groups in total. The van der Waals surface area contributed by atoms with Gasteiger partial charge < -0.3 is 20.6 Å². The number of hydrogen-bond acceptors (Lipinski definition) is 5. The molecule has 18 heavy (non-hydrogen) atoms. The zero-order valence-corrected chi connectivity index (χ0v) is 11.1. The van der Waals surface area contributed by atoms with E-state index in [0.29, 0.717) is 6.54 Å². The predicted molar refractivity (Wildman–Crippen MR) is 74.1 cm³/mol. The molecule has 0 saturated carbocycles. The number of pyridine rings is 1. The lowest BCUT2D eigenvalue weighted by atomic mass is 10.1. The van der Waals surface area contributed by atoms with Crippen LogP contribution in [0.2, 0.25) is 0 Å². The summed E-state index contributed by atoms with van der Waals surface area (Å²) in [7, 11) is 0. The minimum absolute atomic E-state index is 0.491. The van der Waals surface area contributed by atoms with E-state index in [1.807, 2.05) is 18.3 Å². The molecular weight excluding hydrogens is 228 g/mol. The zero-order valence-electron chi connectivity index (χ0n) is 11.1. The summed E-state index contributed by atoms with van der Waals surface area (Å²) in [4.78, 5) is 6.61. The van der Waals surface area contributed by atoms with E-state index >= 15 is 0 Å². The zero-order chi connectivity index (χ0) is 13.0. The summed E-state index contributed by atoms with van der Waals surface area (Å²) in [5.41, 5.74) is 0.456. The van der Waals surface area contributed by atoms with Gasteiger partial charge in [-0.25, -0.2) is 4.98 Å². The second-order valence-electron chi connectivity index (χ2n) is 5.30. The van der Waals surface area contributed by atoms with Gasteiger partial charge in [-0.3, -0.25) is 0 Å². The van der Waals surface area contributed by atoms with E-state index in [0.717, 1.165) is 32.0 Å². The minimum Gasteiger partial charge on any atom is -0.389 e. The van der Waals surface area contributed by atoms with E-state index in [9.17, 15) is 5.11 Å². The number of rotatable bonds is 4. The van der Waals surface area contributed by atoms with Crippen LogP contribution in [0, 0.1) is 0 Å². The van der Waals surface area contributed by atoms with Crippen LogP contribution < -0.4 is 15.5 Å². The number of aromatic nitrogens is 1. The fourth-order valence-electron chi connectivity index (χ4n) is 1.94. The largest absolute Gasteiger partial charge is 0.389 e. The molecule has 1 fully saturated rings. The van der Waals surface area contributed by atoms with Gasteiger partial charge in [-0.1, -0.05) is 0 Å². The molecule has 0 amide bonds. The molecule has 1 aromatic rings. The minimum atomic E-state index is -0.729. The Kier molecular flexibility index (Phi) is 4.04. The molecule has 5 heteroatoms. The number of anilines is 2. The maximum atomic E-state index is 9.69. The molecule has 2 rings (SSSR count). The van der Waals surface area contributed by atoms with E-state index in [1.54, 1.807) is 13.8 Å². The highest BCUT2D eigenvalue weighted by atomic mass is 16.3. The van der Waals surface area contributed by atoms with Crippen molar-refractivity contribution in [3.63, 3.8) is 0 Å². The van der Waals surface area contributed by atoms with Gasteiger partial charge in [0.2, 0.25) is 0 Å². The molecule has 0 unspecified atom stereocenters. The summed E-state index contributed by atoms with van der Waals surface area (Å²) in [6.07, 6.45) is 1.81. The lowest BCUT2D eigenvalue weighted by molar-refractivity contribution is 0.0944. The lowest BCUT2D eigenvalue weighted by Gasteiger charge is -2.29. The standard InChI is InChI=1S/C13H22N4O/c1-13(2,18)10-16-12-9-11(3-4-15-12)17-7-5-14-6-8-17/h3-4,9,14,18H,5-8,10H2,1-2H3,(H,15,16). The van der Waals surface area contributed by atoms with Crippen molar-refractivity contribution in [1.82, 2.24) is 10.3 Å². The highest BCUT2D eigenvalue weighted by molar-refractivity contribution is 5.54. The first-order valence-corrected chi connectivity index (χ1v) is 6.43. The smallest absolute Gasteiger partial charge is 0.128 e. The van der Waals surface area contributed by atoms with Crippen LogP contribution >= 0.6 is 0 Å². The molecule has 1 aromatic heterocycles. The number of piperazine rings is 1. The number of aliphatic hydroxyl groups is 1. The van der Waals surface area contributed by atoms with E-state index in [-0.39, 0.29) is 0 Å². The van der Waals surface area contributed by atoms with Gasteiger partial charge in [0.1, 0.15) is 5.82 Å². The Hall–Kier alpha value is -1.33. The average Bonchev–Trinajstić information content (AvgIpc) is 2.37. The third-order valence-corrected chi connectivity index (χ3v) is 2.93. The van der Waals surface area contributed by atoms with Crippen LogP contribution in [0.5, 0.6) is 0 Å². The molecule has 5 nitrogen and oxygen atoms in total. The normalized spacial score (nSPS) is 16.7. The molecule has 100 valence electrons. The monoisotopic (exact) mass is 250 g/mol. The highest BCUT2D eigenvalue weighted by Gasteiger charge is 2.13. The first kappa shape index (κ1) is 13.1. The topological polar surface area (TPSA) is 60.4 Å². The Balaban J connectivity index is 2.00. The van der Waals surface area contributed by atoms with Crippen molar-refractivity contribution in [1.29, 1.82) is 0 Å². The molecule has 0 atom stereocenters. The van der Waals surface area contributed by atoms with Crippen LogP contribution in [0.1, 0.15) is 13.8 Å². The highest BCUT2D eigenvalue weighted by Crippen LogP contribution is 2.18. The van der Waals surface area contributed by atoms with E-state index in [2.05, 4.69) is 20.5 Å². The van der Waals surface area contributed by atoms with Gasteiger partial charge in [0.05, 0.1) is 5.60 Å². The fraction of sp³-hybridized carbons (Fsp3) is 0.615. The molecule has 1 aliphatic heterocycles. The molecule has 0 radical (unpaired) electrons. The second kappa shape index (κ2) is 5.54. The predicted octanol–water partition coefficient (Wildman–Crippen LogP) is 0.674. The van der Waals surface area contributed by atoms with Crippen molar-refractivity contribution in [3.05, 3.63) is 18.3 Å². The number of nitrogens with zero attached hydrogens (tertiary/aromatic N) is 2. The Morgan fingerprint density at radius 1 is 1.44 bits per heavy atom. The van der Waals surface area contributed by atoms with Gasteiger partial charge in [-0.15, -0.1) is 0 Å². The third kappa shape index (κ3) is 3.85. The summed E-state index contributed by atoms with van der Waals surface area (Å²) in [6.45, 7) is 8.14. The van der Waals surface area contributed by atoms with Gasteiger partial charge in [-0.2, -0.15) is 0 Å². The summed E-state index contributed by atoms with van der Waals surface area (Å²) >= 11 is 0. The van der Waals surface area contributed by atoms with Crippen molar-refractivity contribution in [2.75, 3.05) is 42.9 Å². The molecule has 1 saturated heterocycles. The SMILES string of the molecule is CC(C)(O)CNc1cc(N2CCNCC2)ccn1. The first-order chi connectivity index (χ1) is 8.54. The molecule has 0 aliphatic carbocycles. The van der Waals surface area contributed by atoms with Crippen molar-refractivity contribution >= 4 is 11.5 Å². The summed E-state index contributed by atoms with van der Waals surface area (Å²) in [5, 5.41) is 16.2. The summed E-state index contributed by atoms with van der Waals surface area (Å²) in [5.74, 6) is 0.813. The van der Waals surface area contributed by atoms with Gasteiger partial charge >= 0.3 is 0 Å². The lowest BCUT2D eigenvalue weighted by Crippen LogP contribution is -2.43. The van der Waals surface area contributed by atoms with Crippen molar-refractivity contribution in [2.24, 2.45) is 0 Å². The van der Waals surface area contributed by atoms with Gasteiger partial charge in [0.25, 0.3) is 0 Å². The molecule has 0 spiro atoms. The van der Waals surface area contributed by atoms with Crippen LogP contribution in [0.4, 0.5) is 11.5 Å². The molecule has 2 heterocycles. The van der Waals surface area contributed by atoms with Crippen LogP contribution in [-0.2, 0) is 0 Å². The Morgan fingerprint density at radius 3 is 2.83 bits per heavy atom. The van der Waals surface area contributed by atoms with Crippen LogP contribution in [0.15, 0.2) is 18.3 Å². The average molecular weight is 250 g/mol. The third-order valence-electron chi connectivity index (χ3n) is 2.93. The molecule has 1 aliphatic rings. The van der Waals surface area contributed by atoms with E-state index in [4.69, 9.17) is 0 Å². The van der Waals surface area contributed by atoms with E-state index in [1.165, 1.54) is 5.69 Å². The molecule has 0 aromatic carbocycles. The number of hydrogen-bond donors (Lipinski definition) is 3.